The van der Waals surface area contributed by atoms with Crippen LogP contribution in [0.2, 0.25) is 0 Å². The molecule has 0 spiro atoms. The molecule has 1 rings (SSSR count). The van der Waals surface area contributed by atoms with Crippen molar-refractivity contribution in [2.75, 3.05) is 11.9 Å². The van der Waals surface area contributed by atoms with Crippen molar-refractivity contribution < 1.29 is 9.90 Å². The molecule has 0 saturated heterocycles. The maximum absolute atomic E-state index is 10.9. The van der Waals surface area contributed by atoms with E-state index in [0.29, 0.717) is 5.69 Å². The van der Waals surface area contributed by atoms with Crippen LogP contribution in [0.3, 0.4) is 0 Å². The minimum atomic E-state index is -0.187. The van der Waals surface area contributed by atoms with Crippen LogP contribution < -0.4 is 5.32 Å². The van der Waals surface area contributed by atoms with E-state index in [0.717, 1.165) is 11.1 Å². The van der Waals surface area contributed by atoms with Crippen LogP contribution in [0.1, 0.15) is 18.1 Å². The molecule has 3 heteroatoms. The summed E-state index contributed by atoms with van der Waals surface area (Å²) in [5, 5.41) is 11.3. The molecule has 0 aromatic heterocycles. The smallest absolute Gasteiger partial charge is 0.221 e. The van der Waals surface area contributed by atoms with Crippen molar-refractivity contribution in [1.82, 2.24) is 0 Å². The minimum Gasteiger partial charge on any atom is -0.384 e. The van der Waals surface area contributed by atoms with E-state index in [1.807, 2.05) is 19.1 Å². The molecule has 0 fully saturated rings. The van der Waals surface area contributed by atoms with Gasteiger partial charge in [-0.2, -0.15) is 0 Å². The number of hydrogen-bond donors (Lipinski definition) is 2. The first-order chi connectivity index (χ1) is 7.13. The van der Waals surface area contributed by atoms with Crippen LogP contribution >= 0.6 is 0 Å². The van der Waals surface area contributed by atoms with Gasteiger partial charge >= 0.3 is 0 Å². The molecule has 1 aromatic rings. The van der Waals surface area contributed by atoms with Crippen molar-refractivity contribution in [2.24, 2.45) is 0 Å². The number of carbonyl (C=O) groups excluding carboxylic acids is 1. The number of carbonyl (C=O) groups is 1. The van der Waals surface area contributed by atoms with Crippen LogP contribution in [0.4, 0.5) is 5.69 Å². The molecule has 0 heterocycles. The van der Waals surface area contributed by atoms with E-state index in [9.17, 15) is 4.79 Å². The van der Waals surface area contributed by atoms with Crippen molar-refractivity contribution in [1.29, 1.82) is 0 Å². The molecule has 78 valence electrons. The van der Waals surface area contributed by atoms with Gasteiger partial charge in [-0.15, -0.1) is 0 Å². The van der Waals surface area contributed by atoms with Gasteiger partial charge in [0.25, 0.3) is 0 Å². The van der Waals surface area contributed by atoms with Crippen molar-refractivity contribution in [3.8, 4) is 11.8 Å². The van der Waals surface area contributed by atoms with Gasteiger partial charge in [0.05, 0.1) is 5.69 Å². The first-order valence-corrected chi connectivity index (χ1v) is 4.61. The number of anilines is 1. The van der Waals surface area contributed by atoms with Crippen molar-refractivity contribution >= 4 is 11.6 Å². The summed E-state index contributed by atoms with van der Waals surface area (Å²) >= 11 is 0. The molecule has 0 radical (unpaired) electrons. The maximum atomic E-state index is 10.9. The number of nitrogens with one attached hydrogen (secondary N) is 1. The Morgan fingerprint density at radius 2 is 2.27 bits per heavy atom. The average molecular weight is 203 g/mol. The molecule has 0 aliphatic heterocycles. The Morgan fingerprint density at radius 3 is 2.87 bits per heavy atom. The van der Waals surface area contributed by atoms with Crippen molar-refractivity contribution in [3.63, 3.8) is 0 Å². The van der Waals surface area contributed by atoms with Gasteiger partial charge in [0.15, 0.2) is 0 Å². The lowest BCUT2D eigenvalue weighted by Gasteiger charge is -2.05. The van der Waals surface area contributed by atoms with Crippen molar-refractivity contribution in [3.05, 3.63) is 29.3 Å². The Balaban J connectivity index is 3.08. The van der Waals surface area contributed by atoms with Crippen molar-refractivity contribution in [2.45, 2.75) is 13.8 Å². The second kappa shape index (κ2) is 5.18. The fourth-order valence-electron chi connectivity index (χ4n) is 1.19. The molecule has 0 aliphatic rings. The molecule has 0 aliphatic carbocycles. The third-order valence-corrected chi connectivity index (χ3v) is 1.79. The third kappa shape index (κ3) is 3.45. The third-order valence-electron chi connectivity index (χ3n) is 1.79. The molecular weight excluding hydrogens is 190 g/mol. The number of aliphatic hydroxyl groups is 1. The monoisotopic (exact) mass is 203 g/mol. The Hall–Kier alpha value is -1.79. The highest BCUT2D eigenvalue weighted by molar-refractivity contribution is 5.90. The van der Waals surface area contributed by atoms with Gasteiger partial charge in [0.2, 0.25) is 5.91 Å². The summed E-state index contributed by atoms with van der Waals surface area (Å²) in [6.07, 6.45) is 0. The Bertz CT molecular complexity index is 427. The molecule has 1 aromatic carbocycles. The molecule has 3 nitrogen and oxygen atoms in total. The summed E-state index contributed by atoms with van der Waals surface area (Å²) in [7, 11) is 0. The molecule has 2 N–H and O–H groups in total. The lowest BCUT2D eigenvalue weighted by molar-refractivity contribution is -0.114. The lowest BCUT2D eigenvalue weighted by atomic mass is 10.1. The second-order valence-corrected chi connectivity index (χ2v) is 3.19. The van der Waals surface area contributed by atoms with Crippen LogP contribution in [-0.2, 0) is 4.79 Å². The van der Waals surface area contributed by atoms with Gasteiger partial charge in [-0.05, 0) is 24.6 Å². The van der Waals surface area contributed by atoms with E-state index >= 15 is 0 Å². The van der Waals surface area contributed by atoms with E-state index < -0.39 is 0 Å². The summed E-state index contributed by atoms with van der Waals surface area (Å²) in [6.45, 7) is 3.21. The maximum Gasteiger partial charge on any atom is 0.221 e. The molecule has 15 heavy (non-hydrogen) atoms. The summed E-state index contributed by atoms with van der Waals surface area (Å²) in [4.78, 5) is 10.9. The predicted octanol–water partition coefficient (Wildman–Crippen LogP) is 1.30. The molecular formula is C12H13NO2. The fourth-order valence-corrected chi connectivity index (χ4v) is 1.19. The van der Waals surface area contributed by atoms with Gasteiger partial charge in [0, 0.05) is 12.5 Å². The fraction of sp³-hybridized carbons (Fsp3) is 0.250. The average Bonchev–Trinajstić information content (AvgIpc) is 2.18. The minimum absolute atomic E-state index is 0.133. The van der Waals surface area contributed by atoms with Crippen LogP contribution in [0.15, 0.2) is 18.2 Å². The zero-order valence-electron chi connectivity index (χ0n) is 8.79. The summed E-state index contributed by atoms with van der Waals surface area (Å²) in [5.74, 6) is 5.22. The van der Waals surface area contributed by atoms with Gasteiger partial charge in [-0.25, -0.2) is 0 Å². The number of hydrogen-bond acceptors (Lipinski definition) is 2. The summed E-state index contributed by atoms with van der Waals surface area (Å²) in [6, 6.07) is 5.57. The molecule has 1 amide bonds. The Labute approximate surface area is 89.1 Å². The standard InChI is InChI=1S/C12H13NO2/c1-9-5-6-12(13-10(2)15)11(8-9)4-3-7-14/h5-6,8,14H,7H2,1-2H3,(H,13,15). The second-order valence-electron chi connectivity index (χ2n) is 3.19. The van der Waals surface area contributed by atoms with E-state index in [2.05, 4.69) is 17.2 Å². The highest BCUT2D eigenvalue weighted by Gasteiger charge is 2.01. The normalized spacial score (nSPS) is 9.00. The van der Waals surface area contributed by atoms with Gasteiger partial charge < -0.3 is 10.4 Å². The lowest BCUT2D eigenvalue weighted by Crippen LogP contribution is -2.07. The molecule has 0 saturated carbocycles. The Morgan fingerprint density at radius 1 is 1.53 bits per heavy atom. The van der Waals surface area contributed by atoms with Crippen LogP contribution in [-0.4, -0.2) is 17.6 Å². The highest BCUT2D eigenvalue weighted by atomic mass is 16.2. The number of aliphatic hydroxyl groups excluding tert-OH is 1. The molecule has 0 atom stereocenters. The SMILES string of the molecule is CC(=O)Nc1ccc(C)cc1C#CCO. The van der Waals surface area contributed by atoms with E-state index in [-0.39, 0.29) is 12.5 Å². The van der Waals surface area contributed by atoms with Gasteiger partial charge in [-0.1, -0.05) is 17.9 Å². The largest absolute Gasteiger partial charge is 0.384 e. The molecule has 0 bridgehead atoms. The van der Waals surface area contributed by atoms with Crippen LogP contribution in [0.25, 0.3) is 0 Å². The quantitative estimate of drug-likeness (QED) is 0.676. The number of aryl methyl sites for hydroxylation is 1. The number of rotatable bonds is 1. The van der Waals surface area contributed by atoms with Gasteiger partial charge in [0.1, 0.15) is 6.61 Å². The number of amides is 1. The zero-order chi connectivity index (χ0) is 11.3. The van der Waals surface area contributed by atoms with E-state index in [1.54, 1.807) is 6.07 Å². The molecule has 0 unspecified atom stereocenters. The first-order valence-electron chi connectivity index (χ1n) is 4.61. The number of benzene rings is 1. The Kier molecular flexibility index (Phi) is 3.90. The van der Waals surface area contributed by atoms with Gasteiger partial charge in [-0.3, -0.25) is 4.79 Å². The topological polar surface area (TPSA) is 49.3 Å². The van der Waals surface area contributed by atoms with E-state index in [4.69, 9.17) is 5.11 Å². The van der Waals surface area contributed by atoms with Crippen LogP contribution in [0, 0.1) is 18.8 Å². The predicted molar refractivity (Wildman–Crippen MR) is 59.4 cm³/mol. The zero-order valence-corrected chi connectivity index (χ0v) is 8.79. The summed E-state index contributed by atoms with van der Waals surface area (Å²) < 4.78 is 0. The first kappa shape index (κ1) is 11.3. The summed E-state index contributed by atoms with van der Waals surface area (Å²) in [5.41, 5.74) is 2.46. The highest BCUT2D eigenvalue weighted by Crippen LogP contribution is 2.16. The van der Waals surface area contributed by atoms with Crippen LogP contribution in [0.5, 0.6) is 0 Å². The van der Waals surface area contributed by atoms with E-state index in [1.165, 1.54) is 6.92 Å².